The third-order valence-corrected chi connectivity index (χ3v) is 4.79. The van der Waals surface area contributed by atoms with Crippen LogP contribution >= 0.6 is 0 Å². The molecule has 2 aliphatic rings. The summed E-state index contributed by atoms with van der Waals surface area (Å²) < 4.78 is 44.5. The molecule has 9 heteroatoms. The van der Waals surface area contributed by atoms with Crippen LogP contribution in [-0.4, -0.2) is 33.6 Å². The predicted octanol–water partition coefficient (Wildman–Crippen LogP) is 1.95. The number of sulfonamides is 1. The van der Waals surface area contributed by atoms with Crippen LogP contribution in [0.1, 0.15) is 25.7 Å². The monoisotopic (exact) mass is 368 g/mol. The van der Waals surface area contributed by atoms with E-state index in [9.17, 15) is 22.4 Å². The van der Waals surface area contributed by atoms with Crippen molar-refractivity contribution in [1.82, 2.24) is 0 Å². The van der Waals surface area contributed by atoms with Gasteiger partial charge >= 0.3 is 0 Å². The standard InChI is InChI=1S/C16H17FN2O5S/c1-24-14-8-13(11(17)7-12(14)18-25(2,22)23)19-15(20)9-5-3-4-6-10(9)16(19)21/h7-8,18H,3-6H2,1-2H3. The van der Waals surface area contributed by atoms with Gasteiger partial charge in [0.25, 0.3) is 11.8 Å². The molecular weight excluding hydrogens is 351 g/mol. The van der Waals surface area contributed by atoms with Crippen molar-refractivity contribution in [1.29, 1.82) is 0 Å². The molecule has 0 atom stereocenters. The number of rotatable bonds is 4. The van der Waals surface area contributed by atoms with E-state index in [-0.39, 0.29) is 17.1 Å². The molecule has 0 bridgehead atoms. The van der Waals surface area contributed by atoms with Gasteiger partial charge in [-0.2, -0.15) is 0 Å². The fraction of sp³-hybridized carbons (Fsp3) is 0.375. The average Bonchev–Trinajstić information content (AvgIpc) is 2.79. The van der Waals surface area contributed by atoms with E-state index in [1.165, 1.54) is 7.11 Å². The van der Waals surface area contributed by atoms with Crippen LogP contribution in [0.4, 0.5) is 15.8 Å². The van der Waals surface area contributed by atoms with Gasteiger partial charge in [0.15, 0.2) is 0 Å². The van der Waals surface area contributed by atoms with Crippen molar-refractivity contribution in [2.24, 2.45) is 0 Å². The molecule has 1 aromatic carbocycles. The highest BCUT2D eigenvalue weighted by atomic mass is 32.2. The molecule has 1 heterocycles. The second-order valence-corrected chi connectivity index (χ2v) is 7.74. The Hall–Kier alpha value is -2.42. The molecule has 7 nitrogen and oxygen atoms in total. The number of nitrogens with zero attached hydrogens (tertiary/aromatic N) is 1. The summed E-state index contributed by atoms with van der Waals surface area (Å²) in [6, 6.07) is 2.05. The van der Waals surface area contributed by atoms with Crippen molar-refractivity contribution in [2.45, 2.75) is 25.7 Å². The lowest BCUT2D eigenvalue weighted by molar-refractivity contribution is -0.120. The van der Waals surface area contributed by atoms with Crippen molar-refractivity contribution < 1.29 is 27.1 Å². The van der Waals surface area contributed by atoms with E-state index in [1.807, 2.05) is 0 Å². The number of carbonyl (C=O) groups is 2. The fourth-order valence-corrected chi connectivity index (χ4v) is 3.68. The highest BCUT2D eigenvalue weighted by Gasteiger charge is 2.41. The Labute approximate surface area is 144 Å². The first-order valence-electron chi connectivity index (χ1n) is 7.69. The lowest BCUT2D eigenvalue weighted by Crippen LogP contribution is -2.32. The van der Waals surface area contributed by atoms with Crippen LogP contribution in [-0.2, 0) is 19.6 Å². The first-order valence-corrected chi connectivity index (χ1v) is 9.58. The number of nitrogens with one attached hydrogen (secondary N) is 1. The number of hydrogen-bond donors (Lipinski definition) is 1. The molecule has 0 radical (unpaired) electrons. The molecule has 2 amide bonds. The van der Waals surface area contributed by atoms with Gasteiger partial charge in [-0.25, -0.2) is 17.7 Å². The van der Waals surface area contributed by atoms with E-state index in [2.05, 4.69) is 4.72 Å². The highest BCUT2D eigenvalue weighted by Crippen LogP contribution is 2.39. The van der Waals surface area contributed by atoms with Crippen LogP contribution in [0.2, 0.25) is 0 Å². The third-order valence-electron chi connectivity index (χ3n) is 4.20. The van der Waals surface area contributed by atoms with Gasteiger partial charge in [-0.3, -0.25) is 14.3 Å². The summed E-state index contributed by atoms with van der Waals surface area (Å²) in [5.74, 6) is -1.94. The zero-order valence-electron chi connectivity index (χ0n) is 13.8. The Morgan fingerprint density at radius 1 is 1.12 bits per heavy atom. The highest BCUT2D eigenvalue weighted by molar-refractivity contribution is 7.92. The van der Waals surface area contributed by atoms with Crippen molar-refractivity contribution >= 4 is 33.2 Å². The smallest absolute Gasteiger partial charge is 0.261 e. The largest absolute Gasteiger partial charge is 0.494 e. The SMILES string of the molecule is COc1cc(N2C(=O)C3=C(CCCC3)C2=O)c(F)cc1NS(C)(=O)=O. The number of hydrogen-bond acceptors (Lipinski definition) is 5. The Bertz CT molecular complexity index is 879. The summed E-state index contributed by atoms with van der Waals surface area (Å²) >= 11 is 0. The number of halogens is 1. The van der Waals surface area contributed by atoms with Crippen molar-refractivity contribution in [2.75, 3.05) is 23.0 Å². The Morgan fingerprint density at radius 2 is 1.68 bits per heavy atom. The van der Waals surface area contributed by atoms with Crippen LogP contribution in [0.25, 0.3) is 0 Å². The Balaban J connectivity index is 2.04. The normalized spacial score (nSPS) is 17.8. The molecule has 0 unspecified atom stereocenters. The molecular formula is C16H17FN2O5S. The number of methoxy groups -OCH3 is 1. The van der Waals surface area contributed by atoms with Gasteiger partial charge in [0, 0.05) is 23.3 Å². The van der Waals surface area contributed by atoms with Gasteiger partial charge in [-0.15, -0.1) is 0 Å². The summed E-state index contributed by atoms with van der Waals surface area (Å²) in [4.78, 5) is 25.9. The van der Waals surface area contributed by atoms with Crippen LogP contribution in [0, 0.1) is 5.82 Å². The molecule has 1 aliphatic heterocycles. The lowest BCUT2D eigenvalue weighted by Gasteiger charge is -2.19. The molecule has 0 spiro atoms. The topological polar surface area (TPSA) is 92.8 Å². The summed E-state index contributed by atoms with van der Waals surface area (Å²) in [5.41, 5.74) is 0.518. The molecule has 25 heavy (non-hydrogen) atoms. The number of amides is 2. The maximum Gasteiger partial charge on any atom is 0.261 e. The molecule has 1 aromatic rings. The van der Waals surface area contributed by atoms with Crippen LogP contribution < -0.4 is 14.4 Å². The first-order chi connectivity index (χ1) is 11.7. The number of ether oxygens (including phenoxy) is 1. The van der Waals surface area contributed by atoms with E-state index >= 15 is 0 Å². The van der Waals surface area contributed by atoms with E-state index < -0.39 is 27.7 Å². The van der Waals surface area contributed by atoms with E-state index in [0.717, 1.165) is 36.1 Å². The van der Waals surface area contributed by atoms with E-state index in [0.29, 0.717) is 24.0 Å². The molecule has 0 fully saturated rings. The van der Waals surface area contributed by atoms with Crippen LogP contribution in [0.5, 0.6) is 5.75 Å². The van der Waals surface area contributed by atoms with Crippen molar-refractivity contribution in [3.05, 3.63) is 29.1 Å². The minimum absolute atomic E-state index is 0.00676. The number of imide groups is 1. The number of anilines is 2. The minimum Gasteiger partial charge on any atom is -0.494 e. The van der Waals surface area contributed by atoms with Gasteiger partial charge in [-0.1, -0.05) is 0 Å². The van der Waals surface area contributed by atoms with E-state index in [4.69, 9.17) is 4.74 Å². The molecule has 1 N–H and O–H groups in total. The van der Waals surface area contributed by atoms with Crippen LogP contribution in [0.15, 0.2) is 23.3 Å². The Kier molecular flexibility index (Phi) is 4.28. The molecule has 3 rings (SSSR count). The van der Waals surface area contributed by atoms with Crippen molar-refractivity contribution in [3.63, 3.8) is 0 Å². The number of benzene rings is 1. The summed E-state index contributed by atoms with van der Waals surface area (Å²) in [5, 5.41) is 0. The maximum atomic E-state index is 14.6. The Morgan fingerprint density at radius 3 is 2.16 bits per heavy atom. The van der Waals surface area contributed by atoms with Crippen molar-refractivity contribution in [3.8, 4) is 5.75 Å². The minimum atomic E-state index is -3.65. The van der Waals surface area contributed by atoms with Gasteiger partial charge < -0.3 is 4.74 Å². The van der Waals surface area contributed by atoms with Gasteiger partial charge in [-0.05, 0) is 25.7 Å². The summed E-state index contributed by atoms with van der Waals surface area (Å²) in [6.45, 7) is 0. The molecule has 0 saturated carbocycles. The zero-order chi connectivity index (χ0) is 18.4. The second kappa shape index (κ2) is 6.14. The molecule has 0 aromatic heterocycles. The quantitative estimate of drug-likeness (QED) is 0.820. The van der Waals surface area contributed by atoms with Gasteiger partial charge in [0.2, 0.25) is 10.0 Å². The number of carbonyl (C=O) groups excluding carboxylic acids is 2. The molecule has 134 valence electrons. The summed E-state index contributed by atoms with van der Waals surface area (Å²) in [6.07, 6.45) is 3.55. The zero-order valence-corrected chi connectivity index (χ0v) is 14.6. The predicted molar refractivity (Wildman–Crippen MR) is 89.4 cm³/mol. The lowest BCUT2D eigenvalue weighted by atomic mass is 9.93. The third kappa shape index (κ3) is 3.11. The molecule has 1 aliphatic carbocycles. The first kappa shape index (κ1) is 17.4. The second-order valence-electron chi connectivity index (χ2n) is 5.99. The van der Waals surface area contributed by atoms with Gasteiger partial charge in [0.1, 0.15) is 11.6 Å². The van der Waals surface area contributed by atoms with E-state index in [1.54, 1.807) is 0 Å². The maximum absolute atomic E-state index is 14.6. The molecule has 0 saturated heterocycles. The van der Waals surface area contributed by atoms with Gasteiger partial charge in [0.05, 0.1) is 24.7 Å². The fourth-order valence-electron chi connectivity index (χ4n) is 3.12. The van der Waals surface area contributed by atoms with Crippen LogP contribution in [0.3, 0.4) is 0 Å². The average molecular weight is 368 g/mol. The summed E-state index contributed by atoms with van der Waals surface area (Å²) in [7, 11) is -2.37.